The van der Waals surface area contributed by atoms with Crippen molar-refractivity contribution in [1.82, 2.24) is 9.97 Å². The molecule has 136 valence electrons. The van der Waals surface area contributed by atoms with E-state index in [4.69, 9.17) is 4.74 Å². The van der Waals surface area contributed by atoms with Crippen LogP contribution in [0.25, 0.3) is 10.9 Å². The molecule has 1 aromatic carbocycles. The Morgan fingerprint density at radius 3 is 2.52 bits per heavy atom. The van der Waals surface area contributed by atoms with Crippen molar-refractivity contribution in [2.75, 3.05) is 12.4 Å². The summed E-state index contributed by atoms with van der Waals surface area (Å²) in [5.74, 6) is -2.31. The zero-order valence-corrected chi connectivity index (χ0v) is 13.9. The summed E-state index contributed by atoms with van der Waals surface area (Å²) in [6.45, 7) is 3.64. The maximum absolute atomic E-state index is 13.1. The Balaban J connectivity index is 2.57. The molecule has 1 aromatic heterocycles. The van der Waals surface area contributed by atoms with Crippen LogP contribution >= 0.6 is 0 Å². The summed E-state index contributed by atoms with van der Waals surface area (Å²) in [6, 6.07) is 3.31. The minimum absolute atomic E-state index is 0.0119. The Labute approximate surface area is 142 Å². The lowest BCUT2D eigenvalue weighted by Crippen LogP contribution is -2.31. The van der Waals surface area contributed by atoms with E-state index in [1.54, 1.807) is 6.07 Å². The van der Waals surface area contributed by atoms with E-state index in [9.17, 15) is 23.1 Å². The molecule has 1 unspecified atom stereocenters. The van der Waals surface area contributed by atoms with Crippen molar-refractivity contribution in [2.24, 2.45) is 5.92 Å². The predicted octanol–water partition coefficient (Wildman–Crippen LogP) is 3.57. The van der Waals surface area contributed by atoms with Crippen molar-refractivity contribution < 1.29 is 27.8 Å². The molecule has 0 radical (unpaired) electrons. The Morgan fingerprint density at radius 2 is 2.00 bits per heavy atom. The molecular weight excluding hydrogens is 339 g/mol. The number of hydrogen-bond donors (Lipinski definition) is 2. The molecule has 0 fully saturated rings. The summed E-state index contributed by atoms with van der Waals surface area (Å²) in [5.41, 5.74) is 0.0119. The van der Waals surface area contributed by atoms with Gasteiger partial charge in [0.05, 0.1) is 12.6 Å². The first-order valence-corrected chi connectivity index (χ1v) is 7.54. The molecule has 2 rings (SSSR count). The predicted molar refractivity (Wildman–Crippen MR) is 85.6 cm³/mol. The number of nitrogens with zero attached hydrogens (tertiary/aromatic N) is 2. The monoisotopic (exact) mass is 357 g/mol. The van der Waals surface area contributed by atoms with Crippen LogP contribution in [0.5, 0.6) is 5.75 Å². The molecule has 9 heteroatoms. The highest BCUT2D eigenvalue weighted by molar-refractivity contribution is 5.91. The first-order valence-electron chi connectivity index (χ1n) is 7.54. The van der Waals surface area contributed by atoms with Gasteiger partial charge in [-0.2, -0.15) is 13.2 Å². The van der Waals surface area contributed by atoms with Crippen LogP contribution in [0.15, 0.2) is 18.2 Å². The van der Waals surface area contributed by atoms with Gasteiger partial charge in [-0.05, 0) is 24.5 Å². The second-order valence-electron chi connectivity index (χ2n) is 5.94. The van der Waals surface area contributed by atoms with Gasteiger partial charge < -0.3 is 15.2 Å². The standard InChI is InChI=1S/C16H18F3N3O3/c1-8(2)6-12(14(23)24)20-13-10-5-4-9(25-3)7-11(10)21-15(22-13)16(17,18)19/h4-5,7-8,12H,6H2,1-3H3,(H,23,24)(H,20,21,22). The Hall–Kier alpha value is -2.58. The second kappa shape index (κ2) is 7.12. The van der Waals surface area contributed by atoms with Crippen molar-refractivity contribution >= 4 is 22.7 Å². The van der Waals surface area contributed by atoms with Gasteiger partial charge in [0.2, 0.25) is 5.82 Å². The molecule has 0 aliphatic rings. The normalized spacial score (nSPS) is 13.1. The zero-order valence-electron chi connectivity index (χ0n) is 13.9. The van der Waals surface area contributed by atoms with Crippen molar-refractivity contribution in [3.63, 3.8) is 0 Å². The highest BCUT2D eigenvalue weighted by atomic mass is 19.4. The van der Waals surface area contributed by atoms with E-state index in [2.05, 4.69) is 15.3 Å². The number of halogens is 3. The molecule has 0 amide bonds. The minimum atomic E-state index is -4.76. The summed E-state index contributed by atoms with van der Waals surface area (Å²) < 4.78 is 44.3. The third kappa shape index (κ3) is 4.49. The van der Waals surface area contributed by atoms with Crippen LogP contribution in [0.3, 0.4) is 0 Å². The fourth-order valence-corrected chi connectivity index (χ4v) is 2.33. The lowest BCUT2D eigenvalue weighted by molar-refractivity contribution is -0.144. The molecule has 1 heterocycles. The number of carboxylic acids is 1. The van der Waals surface area contributed by atoms with Crippen molar-refractivity contribution in [1.29, 1.82) is 0 Å². The van der Waals surface area contributed by atoms with Gasteiger partial charge in [-0.3, -0.25) is 0 Å². The van der Waals surface area contributed by atoms with Crippen LogP contribution in [0.1, 0.15) is 26.1 Å². The van der Waals surface area contributed by atoms with E-state index in [1.165, 1.54) is 19.2 Å². The van der Waals surface area contributed by atoms with Gasteiger partial charge in [0.1, 0.15) is 17.6 Å². The van der Waals surface area contributed by atoms with Crippen molar-refractivity contribution in [2.45, 2.75) is 32.5 Å². The third-order valence-electron chi connectivity index (χ3n) is 3.47. The van der Waals surface area contributed by atoms with Crippen molar-refractivity contribution in [3.8, 4) is 5.75 Å². The molecule has 2 N–H and O–H groups in total. The van der Waals surface area contributed by atoms with Gasteiger partial charge in [-0.15, -0.1) is 0 Å². The lowest BCUT2D eigenvalue weighted by Gasteiger charge is -2.19. The van der Waals surface area contributed by atoms with Gasteiger partial charge in [0, 0.05) is 11.5 Å². The number of alkyl halides is 3. The first-order chi connectivity index (χ1) is 11.6. The number of methoxy groups -OCH3 is 1. The molecule has 0 saturated carbocycles. The molecule has 0 bridgehead atoms. The fraction of sp³-hybridized carbons (Fsp3) is 0.438. The van der Waals surface area contributed by atoms with Gasteiger partial charge in [-0.1, -0.05) is 13.8 Å². The number of carboxylic acid groups (broad SMARTS) is 1. The maximum atomic E-state index is 13.1. The molecule has 25 heavy (non-hydrogen) atoms. The minimum Gasteiger partial charge on any atom is -0.497 e. The topological polar surface area (TPSA) is 84.3 Å². The first kappa shape index (κ1) is 18.8. The molecule has 2 aromatic rings. The average molecular weight is 357 g/mol. The zero-order chi connectivity index (χ0) is 18.8. The number of anilines is 1. The molecule has 0 saturated heterocycles. The number of nitrogens with one attached hydrogen (secondary N) is 1. The molecule has 1 atom stereocenters. The van der Waals surface area contributed by atoms with Crippen LogP contribution in [0, 0.1) is 5.92 Å². The summed E-state index contributed by atoms with van der Waals surface area (Å²) >= 11 is 0. The molecule has 0 aliphatic heterocycles. The van der Waals surface area contributed by atoms with E-state index in [0.717, 1.165) is 0 Å². The Bertz CT molecular complexity index is 778. The van der Waals surface area contributed by atoms with E-state index >= 15 is 0 Å². The van der Waals surface area contributed by atoms with Gasteiger partial charge in [0.15, 0.2) is 0 Å². The van der Waals surface area contributed by atoms with Gasteiger partial charge in [-0.25, -0.2) is 14.8 Å². The van der Waals surface area contributed by atoms with Crippen LogP contribution in [0.2, 0.25) is 0 Å². The summed E-state index contributed by atoms with van der Waals surface area (Å²) in [6.07, 6.45) is -4.52. The van der Waals surface area contributed by atoms with Crippen molar-refractivity contribution in [3.05, 3.63) is 24.0 Å². The van der Waals surface area contributed by atoms with E-state index in [0.29, 0.717) is 5.75 Å². The molecule has 6 nitrogen and oxygen atoms in total. The number of ether oxygens (including phenoxy) is 1. The quantitative estimate of drug-likeness (QED) is 0.822. The Kier molecular flexibility index (Phi) is 5.34. The van der Waals surface area contributed by atoms with Crippen LogP contribution in [-0.2, 0) is 11.0 Å². The fourth-order valence-electron chi connectivity index (χ4n) is 2.33. The third-order valence-corrected chi connectivity index (χ3v) is 3.47. The number of aliphatic carboxylic acids is 1. The molecular formula is C16H18F3N3O3. The number of fused-ring (bicyclic) bond motifs is 1. The van der Waals surface area contributed by atoms with E-state index in [1.807, 2.05) is 13.8 Å². The van der Waals surface area contributed by atoms with Gasteiger partial charge in [0.25, 0.3) is 0 Å². The smallest absolute Gasteiger partial charge is 0.451 e. The SMILES string of the molecule is COc1ccc2c(NC(CC(C)C)C(=O)O)nc(C(F)(F)F)nc2c1. The largest absolute Gasteiger partial charge is 0.497 e. The number of aromatic nitrogens is 2. The summed E-state index contributed by atoms with van der Waals surface area (Å²) in [7, 11) is 1.38. The molecule has 0 spiro atoms. The second-order valence-corrected chi connectivity index (χ2v) is 5.94. The van der Waals surface area contributed by atoms with Gasteiger partial charge >= 0.3 is 12.1 Å². The number of carbonyl (C=O) groups is 1. The number of benzene rings is 1. The van der Waals surface area contributed by atoms with E-state index in [-0.39, 0.29) is 29.1 Å². The number of hydrogen-bond acceptors (Lipinski definition) is 5. The molecule has 0 aliphatic carbocycles. The average Bonchev–Trinajstić information content (AvgIpc) is 2.51. The Morgan fingerprint density at radius 1 is 1.32 bits per heavy atom. The highest BCUT2D eigenvalue weighted by Gasteiger charge is 2.36. The van der Waals surface area contributed by atoms with Crippen LogP contribution < -0.4 is 10.1 Å². The maximum Gasteiger partial charge on any atom is 0.451 e. The lowest BCUT2D eigenvalue weighted by atomic mass is 10.0. The summed E-state index contributed by atoms with van der Waals surface area (Å²) in [5, 5.41) is 12.2. The van der Waals surface area contributed by atoms with Crippen LogP contribution in [-0.4, -0.2) is 34.2 Å². The van der Waals surface area contributed by atoms with E-state index < -0.39 is 24.0 Å². The van der Waals surface area contributed by atoms with Crippen LogP contribution in [0.4, 0.5) is 19.0 Å². The summed E-state index contributed by atoms with van der Waals surface area (Å²) in [4.78, 5) is 18.4. The number of rotatable bonds is 6. The highest BCUT2D eigenvalue weighted by Crippen LogP contribution is 2.32.